The quantitative estimate of drug-likeness (QED) is 0.343. The van der Waals surface area contributed by atoms with E-state index >= 15 is 0 Å². The SMILES string of the molecule is CC(C)CC(=O)Nc1cncc(-c2ccc3[nH]nc(C4=NC5C(c6cccc(F)c6)=CN=CC5N4)c3c2)c1. The molecule has 2 unspecified atom stereocenters. The van der Waals surface area contributed by atoms with E-state index in [1.165, 1.54) is 12.1 Å². The van der Waals surface area contributed by atoms with Gasteiger partial charge in [0.25, 0.3) is 0 Å². The number of hydrogen-bond donors (Lipinski definition) is 3. The van der Waals surface area contributed by atoms with E-state index in [0.717, 1.165) is 33.2 Å². The molecule has 2 aromatic carbocycles. The molecule has 190 valence electrons. The van der Waals surface area contributed by atoms with Crippen LogP contribution < -0.4 is 10.6 Å². The predicted molar refractivity (Wildman–Crippen MR) is 148 cm³/mol. The van der Waals surface area contributed by atoms with Crippen molar-refractivity contribution in [1.29, 1.82) is 0 Å². The monoisotopic (exact) mass is 507 g/mol. The van der Waals surface area contributed by atoms with E-state index in [9.17, 15) is 9.18 Å². The van der Waals surface area contributed by atoms with E-state index in [1.807, 2.05) is 50.4 Å². The number of pyridine rings is 1. The van der Waals surface area contributed by atoms with Gasteiger partial charge in [-0.2, -0.15) is 5.10 Å². The maximum Gasteiger partial charge on any atom is 0.224 e. The van der Waals surface area contributed by atoms with Crippen LogP contribution in [0.1, 0.15) is 31.5 Å². The minimum atomic E-state index is -0.298. The summed E-state index contributed by atoms with van der Waals surface area (Å²) in [5.41, 5.74) is 5.63. The Morgan fingerprint density at radius 2 is 1.97 bits per heavy atom. The number of anilines is 1. The maximum atomic E-state index is 13.9. The van der Waals surface area contributed by atoms with Crippen LogP contribution in [0.3, 0.4) is 0 Å². The Balaban J connectivity index is 1.31. The van der Waals surface area contributed by atoms with Crippen LogP contribution in [-0.4, -0.2) is 45.2 Å². The first-order chi connectivity index (χ1) is 18.4. The van der Waals surface area contributed by atoms with Gasteiger partial charge in [-0.15, -0.1) is 0 Å². The fourth-order valence-corrected chi connectivity index (χ4v) is 4.83. The van der Waals surface area contributed by atoms with Crippen LogP contribution in [0.5, 0.6) is 0 Å². The molecule has 4 aromatic rings. The van der Waals surface area contributed by atoms with Crippen LogP contribution in [-0.2, 0) is 4.79 Å². The first-order valence-corrected chi connectivity index (χ1v) is 12.5. The average Bonchev–Trinajstić information content (AvgIpc) is 3.52. The summed E-state index contributed by atoms with van der Waals surface area (Å²) in [5.74, 6) is 0.588. The van der Waals surface area contributed by atoms with Gasteiger partial charge >= 0.3 is 0 Å². The first kappa shape index (κ1) is 23.7. The molecular formula is C29H26FN7O. The van der Waals surface area contributed by atoms with E-state index in [2.05, 4.69) is 30.8 Å². The Kier molecular flexibility index (Phi) is 6.03. The van der Waals surface area contributed by atoms with E-state index in [-0.39, 0.29) is 29.7 Å². The van der Waals surface area contributed by atoms with Gasteiger partial charge in [0.1, 0.15) is 17.6 Å². The third-order valence-electron chi connectivity index (χ3n) is 6.58. The second kappa shape index (κ2) is 9.66. The molecule has 3 N–H and O–H groups in total. The molecule has 2 atom stereocenters. The Hall–Kier alpha value is -4.66. The lowest BCUT2D eigenvalue weighted by molar-refractivity contribution is -0.116. The molecule has 0 bridgehead atoms. The number of aliphatic imine (C=N–C) groups is 2. The average molecular weight is 508 g/mol. The minimum Gasteiger partial charge on any atom is -0.358 e. The van der Waals surface area contributed by atoms with Gasteiger partial charge in [-0.3, -0.25) is 24.9 Å². The zero-order chi connectivity index (χ0) is 26.2. The molecule has 4 heterocycles. The summed E-state index contributed by atoms with van der Waals surface area (Å²) in [6.45, 7) is 4.02. The number of aromatic nitrogens is 3. The number of nitrogens with zero attached hydrogens (tertiary/aromatic N) is 4. The third-order valence-corrected chi connectivity index (χ3v) is 6.58. The van der Waals surface area contributed by atoms with Crippen LogP contribution in [0.25, 0.3) is 27.6 Å². The molecule has 0 fully saturated rings. The number of nitrogens with one attached hydrogen (secondary N) is 3. The molecule has 8 nitrogen and oxygen atoms in total. The van der Waals surface area contributed by atoms with Gasteiger partial charge in [0.15, 0.2) is 5.84 Å². The fourth-order valence-electron chi connectivity index (χ4n) is 4.83. The summed E-state index contributed by atoms with van der Waals surface area (Å²) in [4.78, 5) is 25.9. The lowest BCUT2D eigenvalue weighted by atomic mass is 9.94. The van der Waals surface area contributed by atoms with Crippen molar-refractivity contribution in [1.82, 2.24) is 20.5 Å². The summed E-state index contributed by atoms with van der Waals surface area (Å²) in [6.07, 6.45) is 7.42. The molecule has 0 radical (unpaired) electrons. The number of carbonyl (C=O) groups is 1. The number of hydrogen-bond acceptors (Lipinski definition) is 6. The van der Waals surface area contributed by atoms with E-state index in [4.69, 9.17) is 4.99 Å². The lowest BCUT2D eigenvalue weighted by Crippen LogP contribution is -2.38. The summed E-state index contributed by atoms with van der Waals surface area (Å²) in [5, 5.41) is 14.9. The second-order valence-electron chi connectivity index (χ2n) is 9.93. The smallest absolute Gasteiger partial charge is 0.224 e. The molecule has 0 saturated carbocycles. The van der Waals surface area contributed by atoms with Crippen LogP contribution in [0.15, 0.2) is 77.1 Å². The van der Waals surface area contributed by atoms with Gasteiger partial charge < -0.3 is 10.6 Å². The molecule has 2 aromatic heterocycles. The molecule has 0 saturated heterocycles. The molecule has 0 aliphatic carbocycles. The second-order valence-corrected chi connectivity index (χ2v) is 9.93. The number of H-pyrrole nitrogens is 1. The predicted octanol–water partition coefficient (Wildman–Crippen LogP) is 4.96. The van der Waals surface area contributed by atoms with Crippen molar-refractivity contribution in [3.63, 3.8) is 0 Å². The van der Waals surface area contributed by atoms with Crippen LogP contribution in [0.2, 0.25) is 0 Å². The highest BCUT2D eigenvalue weighted by Crippen LogP contribution is 2.31. The minimum absolute atomic E-state index is 0.0338. The molecule has 38 heavy (non-hydrogen) atoms. The molecular weight excluding hydrogens is 481 g/mol. The van der Waals surface area contributed by atoms with Gasteiger partial charge in [-0.05, 0) is 47.4 Å². The van der Waals surface area contributed by atoms with Gasteiger partial charge in [0, 0.05) is 41.6 Å². The zero-order valence-corrected chi connectivity index (χ0v) is 20.9. The fraction of sp³-hybridized carbons (Fsp3) is 0.207. The zero-order valence-electron chi connectivity index (χ0n) is 20.9. The first-order valence-electron chi connectivity index (χ1n) is 12.5. The summed E-state index contributed by atoms with van der Waals surface area (Å²) in [6, 6.07) is 14.0. The van der Waals surface area contributed by atoms with Crippen molar-refractivity contribution in [2.24, 2.45) is 15.9 Å². The van der Waals surface area contributed by atoms with Crippen LogP contribution in [0, 0.1) is 11.7 Å². The lowest BCUT2D eigenvalue weighted by Gasteiger charge is -2.20. The summed E-state index contributed by atoms with van der Waals surface area (Å²) in [7, 11) is 0. The molecule has 0 spiro atoms. The number of rotatable bonds is 6. The number of benzene rings is 2. The number of amides is 1. The van der Waals surface area contributed by atoms with Gasteiger partial charge in [-0.25, -0.2) is 4.39 Å². The van der Waals surface area contributed by atoms with Gasteiger partial charge in [0.05, 0.1) is 23.4 Å². The van der Waals surface area contributed by atoms with Crippen molar-refractivity contribution in [3.8, 4) is 11.1 Å². The van der Waals surface area contributed by atoms with Crippen molar-refractivity contribution in [3.05, 3.63) is 84.2 Å². The van der Waals surface area contributed by atoms with Crippen LogP contribution in [0.4, 0.5) is 10.1 Å². The molecule has 9 heteroatoms. The van der Waals surface area contributed by atoms with Crippen molar-refractivity contribution in [2.45, 2.75) is 32.4 Å². The Morgan fingerprint density at radius 3 is 2.82 bits per heavy atom. The normalized spacial score (nSPS) is 18.2. The van der Waals surface area contributed by atoms with E-state index in [0.29, 0.717) is 23.6 Å². The standard InChI is InChI=1S/C29H26FN7O/c1-16(2)8-26(38)33-21-10-19(12-31-13-21)17-6-7-24-22(11-17)28(37-36-24)29-34-25-15-32-14-23(27(25)35-29)18-4-3-5-20(30)9-18/h3-7,9-16,25,27H,8H2,1-2H3,(H,33,38)(H,34,35)(H,36,37). The molecule has 2 aliphatic heterocycles. The largest absolute Gasteiger partial charge is 0.358 e. The Bertz CT molecular complexity index is 1630. The summed E-state index contributed by atoms with van der Waals surface area (Å²) >= 11 is 0. The van der Waals surface area contributed by atoms with Crippen molar-refractivity contribution >= 4 is 40.1 Å². The van der Waals surface area contributed by atoms with Crippen molar-refractivity contribution < 1.29 is 9.18 Å². The number of halogens is 1. The van der Waals surface area contributed by atoms with Crippen LogP contribution >= 0.6 is 0 Å². The highest BCUT2D eigenvalue weighted by molar-refractivity contribution is 6.11. The van der Waals surface area contributed by atoms with Crippen molar-refractivity contribution in [2.75, 3.05) is 5.32 Å². The Morgan fingerprint density at radius 1 is 1.08 bits per heavy atom. The van der Waals surface area contributed by atoms with E-state index in [1.54, 1.807) is 24.7 Å². The number of amidine groups is 1. The number of fused-ring (bicyclic) bond motifs is 2. The topological polar surface area (TPSA) is 107 Å². The highest BCUT2D eigenvalue weighted by atomic mass is 19.1. The van der Waals surface area contributed by atoms with Gasteiger partial charge in [-0.1, -0.05) is 32.0 Å². The Labute approximate surface area is 218 Å². The molecule has 6 rings (SSSR count). The van der Waals surface area contributed by atoms with Gasteiger partial charge in [0.2, 0.25) is 5.91 Å². The summed E-state index contributed by atoms with van der Waals surface area (Å²) < 4.78 is 13.9. The molecule has 2 aliphatic rings. The number of carbonyl (C=O) groups excluding carboxylic acids is 1. The van der Waals surface area contributed by atoms with E-state index < -0.39 is 0 Å². The number of aromatic amines is 1. The maximum absolute atomic E-state index is 13.9. The third kappa shape index (κ3) is 4.58. The molecule has 1 amide bonds. The highest BCUT2D eigenvalue weighted by Gasteiger charge is 2.34.